The van der Waals surface area contributed by atoms with Gasteiger partial charge in [-0.3, -0.25) is 0 Å². The molecule has 3 aliphatic rings. The fraction of sp³-hybridized carbons (Fsp3) is 0.333. The Morgan fingerprint density at radius 1 is 0.625 bits per heavy atom. The fourth-order valence-electron chi connectivity index (χ4n) is 9.08. The molecule has 0 spiro atoms. The third kappa shape index (κ3) is 6.22. The molecule has 0 saturated heterocycles. The second-order valence-corrected chi connectivity index (χ2v) is 20.7. The molecule has 4 aromatic carbocycles. The Kier molecular flexibility index (Phi) is 9.45. The molecule has 5 aromatic rings. The maximum absolute atomic E-state index is 2.63. The summed E-state index contributed by atoms with van der Waals surface area (Å²) in [5.41, 5.74) is 8.96. The average Bonchev–Trinajstić information content (AvgIpc) is 3.17. The third-order valence-corrected chi connectivity index (χ3v) is 17.2. The SMILES string of the molecule is CCC1CC2CC(C)(C2)C(c2c(C)sc(C)c2P(c2cc(C)cc(C)c2)c2cc(C)cc(C)c2)=C1P(c1ccccc1)c1ccccc1. The van der Waals surface area contributed by atoms with Gasteiger partial charge in [-0.15, -0.1) is 11.3 Å². The van der Waals surface area contributed by atoms with Crippen LogP contribution in [-0.4, -0.2) is 0 Å². The van der Waals surface area contributed by atoms with Crippen LogP contribution in [0.15, 0.2) is 102 Å². The van der Waals surface area contributed by atoms with Crippen LogP contribution in [0.4, 0.5) is 0 Å². The zero-order valence-corrected chi connectivity index (χ0v) is 32.6. The fourth-order valence-corrected chi connectivity index (χ4v) is 16.5. The van der Waals surface area contributed by atoms with Crippen LogP contribution in [0.1, 0.15) is 77.1 Å². The minimum absolute atomic E-state index is 0.188. The minimum Gasteiger partial charge on any atom is -0.145 e. The summed E-state index contributed by atoms with van der Waals surface area (Å²) in [6.07, 6.45) is 5.15. The van der Waals surface area contributed by atoms with Gasteiger partial charge in [-0.1, -0.05) is 133 Å². The number of hydrogen-bond donors (Lipinski definition) is 0. The average molecular weight is 685 g/mol. The first kappa shape index (κ1) is 33.7. The molecule has 1 atom stereocenters. The van der Waals surface area contributed by atoms with Gasteiger partial charge >= 0.3 is 0 Å². The Balaban J connectivity index is 1.60. The molecular weight excluding hydrogens is 635 g/mol. The van der Waals surface area contributed by atoms with Gasteiger partial charge in [-0.25, -0.2) is 0 Å². The molecule has 0 N–H and O–H groups in total. The van der Waals surface area contributed by atoms with Gasteiger partial charge in [0.15, 0.2) is 0 Å². The lowest BCUT2D eigenvalue weighted by Crippen LogP contribution is -2.36. The van der Waals surface area contributed by atoms with E-state index in [1.54, 1.807) is 21.8 Å². The zero-order valence-electron chi connectivity index (χ0n) is 30.0. The molecule has 1 saturated carbocycles. The van der Waals surface area contributed by atoms with E-state index in [9.17, 15) is 0 Å². The smallest absolute Gasteiger partial charge is 0.0107 e. The summed E-state index contributed by atoms with van der Waals surface area (Å²) in [6.45, 7) is 19.1. The van der Waals surface area contributed by atoms with E-state index in [0.29, 0.717) is 5.92 Å². The molecule has 1 unspecified atom stereocenters. The lowest BCUT2D eigenvalue weighted by molar-refractivity contribution is 0.129. The molecule has 3 aliphatic carbocycles. The summed E-state index contributed by atoms with van der Waals surface area (Å²) in [7, 11) is -1.47. The second-order valence-electron chi connectivity index (χ2n) is 14.9. The van der Waals surface area contributed by atoms with Crippen molar-refractivity contribution in [1.82, 2.24) is 0 Å². The van der Waals surface area contributed by atoms with Gasteiger partial charge in [0, 0.05) is 20.6 Å². The van der Waals surface area contributed by atoms with Crippen molar-refractivity contribution in [1.29, 1.82) is 0 Å². The number of thiophene rings is 1. The summed E-state index contributed by atoms with van der Waals surface area (Å²) >= 11 is 2.05. The van der Waals surface area contributed by atoms with Crippen molar-refractivity contribution in [3.05, 3.63) is 140 Å². The standard InChI is InChI=1S/C45H50P2S/c1-9-36-26-35-27-45(8,28-35)42(44(36)46(37-16-12-10-13-17-37)38-18-14-11-15-19-38)41-33(6)48-34(7)43(41)47(39-22-29(2)20-30(3)23-39)40-24-31(4)21-32(5)25-40/h10-25,35-36H,9,26-28H2,1-8H3. The van der Waals surface area contributed by atoms with E-state index in [0.717, 1.165) is 5.92 Å². The number of fused-ring (bicyclic) bond motifs is 2. The number of allylic oxidation sites excluding steroid dienone is 2. The monoisotopic (exact) mass is 684 g/mol. The van der Waals surface area contributed by atoms with Crippen LogP contribution in [0.25, 0.3) is 5.57 Å². The van der Waals surface area contributed by atoms with Crippen molar-refractivity contribution >= 4 is 59.3 Å². The molecule has 0 amide bonds. The van der Waals surface area contributed by atoms with Crippen LogP contribution in [-0.2, 0) is 0 Å². The van der Waals surface area contributed by atoms with Gasteiger partial charge in [0.1, 0.15) is 0 Å². The van der Waals surface area contributed by atoms with Crippen molar-refractivity contribution in [3.63, 3.8) is 0 Å². The molecule has 246 valence electrons. The predicted octanol–water partition coefficient (Wildman–Crippen LogP) is 11.0. The maximum atomic E-state index is 2.63. The Bertz CT molecular complexity index is 1850. The summed E-state index contributed by atoms with van der Waals surface area (Å²) < 4.78 is 0. The number of hydrogen-bond acceptors (Lipinski definition) is 1. The molecular formula is C45H50P2S. The van der Waals surface area contributed by atoms with Crippen LogP contribution in [0, 0.1) is 58.8 Å². The van der Waals surface area contributed by atoms with E-state index in [2.05, 4.69) is 164 Å². The van der Waals surface area contributed by atoms with Gasteiger partial charge in [0.05, 0.1) is 0 Å². The van der Waals surface area contributed by atoms with E-state index in [1.165, 1.54) is 78.9 Å². The van der Waals surface area contributed by atoms with Gasteiger partial charge in [0.25, 0.3) is 0 Å². The summed E-state index contributed by atoms with van der Waals surface area (Å²) in [4.78, 5) is 3.01. The van der Waals surface area contributed by atoms with E-state index < -0.39 is 15.8 Å². The highest BCUT2D eigenvalue weighted by molar-refractivity contribution is 7.80. The molecule has 8 rings (SSSR count). The molecule has 1 fully saturated rings. The minimum atomic E-state index is -0.771. The van der Waals surface area contributed by atoms with Crippen molar-refractivity contribution in [2.24, 2.45) is 17.3 Å². The molecule has 0 nitrogen and oxygen atoms in total. The molecule has 0 radical (unpaired) electrons. The number of rotatable bonds is 8. The van der Waals surface area contributed by atoms with Gasteiger partial charge in [-0.05, 0) is 132 Å². The first-order valence-electron chi connectivity index (χ1n) is 17.8. The van der Waals surface area contributed by atoms with Gasteiger partial charge in [0.2, 0.25) is 0 Å². The lowest BCUT2D eigenvalue weighted by Gasteiger charge is -2.47. The normalized spacial score (nSPS) is 20.7. The van der Waals surface area contributed by atoms with Crippen molar-refractivity contribution in [2.45, 2.75) is 81.1 Å². The second kappa shape index (κ2) is 13.5. The van der Waals surface area contributed by atoms with Crippen molar-refractivity contribution in [2.75, 3.05) is 0 Å². The summed E-state index contributed by atoms with van der Waals surface area (Å²) in [5, 5.41) is 9.34. The van der Waals surface area contributed by atoms with E-state index >= 15 is 0 Å². The quantitative estimate of drug-likeness (QED) is 0.143. The summed E-state index contributed by atoms with van der Waals surface area (Å²) in [5.74, 6) is 1.40. The largest absolute Gasteiger partial charge is 0.145 e. The molecule has 1 aromatic heterocycles. The maximum Gasteiger partial charge on any atom is 0.0107 e. The predicted molar refractivity (Wildman–Crippen MR) is 217 cm³/mol. The lowest BCUT2D eigenvalue weighted by atomic mass is 9.59. The van der Waals surface area contributed by atoms with Gasteiger partial charge in [-0.2, -0.15) is 0 Å². The zero-order chi connectivity index (χ0) is 33.7. The topological polar surface area (TPSA) is 0 Å². The Morgan fingerprint density at radius 2 is 1.10 bits per heavy atom. The molecule has 0 aliphatic heterocycles. The van der Waals surface area contributed by atoms with Crippen LogP contribution < -0.4 is 26.5 Å². The summed E-state index contributed by atoms with van der Waals surface area (Å²) in [6, 6.07) is 37.7. The highest BCUT2D eigenvalue weighted by atomic mass is 32.1. The molecule has 3 heteroatoms. The van der Waals surface area contributed by atoms with Gasteiger partial charge < -0.3 is 0 Å². The van der Waals surface area contributed by atoms with Crippen molar-refractivity contribution < 1.29 is 0 Å². The first-order chi connectivity index (χ1) is 23.1. The molecule has 2 bridgehead atoms. The number of aryl methyl sites for hydroxylation is 6. The van der Waals surface area contributed by atoms with Crippen molar-refractivity contribution in [3.8, 4) is 0 Å². The number of benzene rings is 4. The Morgan fingerprint density at radius 3 is 1.56 bits per heavy atom. The highest BCUT2D eigenvalue weighted by Crippen LogP contribution is 2.67. The van der Waals surface area contributed by atoms with E-state index in [1.807, 2.05) is 0 Å². The van der Waals surface area contributed by atoms with Crippen LogP contribution >= 0.6 is 27.2 Å². The van der Waals surface area contributed by atoms with Crippen LogP contribution in [0.3, 0.4) is 0 Å². The molecule has 1 heterocycles. The third-order valence-electron chi connectivity index (χ3n) is 10.7. The van der Waals surface area contributed by atoms with E-state index in [-0.39, 0.29) is 5.41 Å². The highest BCUT2D eigenvalue weighted by Gasteiger charge is 2.51. The Hall–Kier alpha value is -2.82. The molecule has 48 heavy (non-hydrogen) atoms. The van der Waals surface area contributed by atoms with Crippen LogP contribution in [0.2, 0.25) is 0 Å². The van der Waals surface area contributed by atoms with Crippen LogP contribution in [0.5, 0.6) is 0 Å². The van der Waals surface area contributed by atoms with E-state index in [4.69, 9.17) is 0 Å². The first-order valence-corrected chi connectivity index (χ1v) is 21.3. The Labute approximate surface area is 296 Å².